The number of aromatic nitrogens is 5. The van der Waals surface area contributed by atoms with Gasteiger partial charge in [-0.3, -0.25) is 9.78 Å². The lowest BCUT2D eigenvalue weighted by Crippen LogP contribution is -2.31. The first-order valence-electron chi connectivity index (χ1n) is 12.0. The predicted molar refractivity (Wildman–Crippen MR) is 138 cm³/mol. The Morgan fingerprint density at radius 3 is 2.78 bits per heavy atom. The summed E-state index contributed by atoms with van der Waals surface area (Å²) in [6, 6.07) is 9.11. The van der Waals surface area contributed by atoms with Crippen LogP contribution in [0.3, 0.4) is 0 Å². The van der Waals surface area contributed by atoms with Crippen molar-refractivity contribution in [2.24, 2.45) is 0 Å². The van der Waals surface area contributed by atoms with Gasteiger partial charge in [-0.05, 0) is 62.6 Å². The highest BCUT2D eigenvalue weighted by molar-refractivity contribution is 6.33. The molecule has 4 aromatic rings. The lowest BCUT2D eigenvalue weighted by molar-refractivity contribution is -0.123. The summed E-state index contributed by atoms with van der Waals surface area (Å²) in [6.45, 7) is 4.32. The highest BCUT2D eigenvalue weighted by atomic mass is 35.5. The van der Waals surface area contributed by atoms with Gasteiger partial charge in [-0.1, -0.05) is 11.6 Å². The molecule has 2 N–H and O–H groups in total. The molecule has 0 saturated heterocycles. The van der Waals surface area contributed by atoms with E-state index >= 15 is 0 Å². The van der Waals surface area contributed by atoms with Gasteiger partial charge in [0.2, 0.25) is 5.88 Å². The number of amides is 1. The molecule has 0 unspecified atom stereocenters. The van der Waals surface area contributed by atoms with Gasteiger partial charge in [-0.15, -0.1) is 0 Å². The highest BCUT2D eigenvalue weighted by Crippen LogP contribution is 2.41. The van der Waals surface area contributed by atoms with Gasteiger partial charge in [0, 0.05) is 18.3 Å². The van der Waals surface area contributed by atoms with Gasteiger partial charge in [0.05, 0.1) is 23.9 Å². The molecule has 0 atom stereocenters. The fraction of sp³-hybridized carbons (Fsp3) is 0.346. The number of fused-ring (bicyclic) bond motifs is 1. The molecule has 1 aromatic carbocycles. The minimum Gasteiger partial charge on any atom is -0.484 e. The number of nitrogens with one attached hydrogen (secondary N) is 1. The highest BCUT2D eigenvalue weighted by Gasteiger charge is 2.41. The summed E-state index contributed by atoms with van der Waals surface area (Å²) in [5, 5.41) is 11.8. The molecular formula is C26H27ClN6O4. The Balaban J connectivity index is 1.52. The molecule has 3 heterocycles. The zero-order chi connectivity index (χ0) is 26.0. The molecule has 0 bridgehead atoms. The van der Waals surface area contributed by atoms with E-state index < -0.39 is 0 Å². The average Bonchev–Trinajstić information content (AvgIpc) is 3.49. The van der Waals surface area contributed by atoms with Crippen molar-refractivity contribution in [1.29, 1.82) is 0 Å². The Hall–Kier alpha value is -3.76. The van der Waals surface area contributed by atoms with Gasteiger partial charge in [0.1, 0.15) is 23.5 Å². The van der Waals surface area contributed by atoms with Gasteiger partial charge in [-0.25, -0.2) is 9.97 Å². The first kappa shape index (κ1) is 24.9. The molecule has 0 radical (unpaired) electrons. The van der Waals surface area contributed by atoms with Gasteiger partial charge < -0.3 is 24.5 Å². The Kier molecular flexibility index (Phi) is 6.94. The van der Waals surface area contributed by atoms with Crippen molar-refractivity contribution >= 4 is 28.7 Å². The van der Waals surface area contributed by atoms with Crippen molar-refractivity contribution in [2.45, 2.75) is 38.8 Å². The molecule has 10 nitrogen and oxygen atoms in total. The van der Waals surface area contributed by atoms with Crippen LogP contribution in [0.1, 0.15) is 31.0 Å². The third-order valence-electron chi connectivity index (χ3n) is 6.07. The Morgan fingerprint density at radius 1 is 1.22 bits per heavy atom. The maximum Gasteiger partial charge on any atom is 0.258 e. The van der Waals surface area contributed by atoms with E-state index in [0.717, 1.165) is 24.1 Å². The minimum atomic E-state index is -0.336. The van der Waals surface area contributed by atoms with E-state index in [2.05, 4.69) is 27.2 Å². The quantitative estimate of drug-likeness (QED) is 0.325. The summed E-state index contributed by atoms with van der Waals surface area (Å²) in [5.41, 5.74) is 3.54. The second-order valence-electron chi connectivity index (χ2n) is 9.25. The summed E-state index contributed by atoms with van der Waals surface area (Å²) < 4.78 is 13.7. The van der Waals surface area contributed by atoms with Gasteiger partial charge >= 0.3 is 0 Å². The van der Waals surface area contributed by atoms with E-state index in [4.69, 9.17) is 31.2 Å². The van der Waals surface area contributed by atoms with E-state index in [-0.39, 0.29) is 31.3 Å². The number of imidazole rings is 1. The van der Waals surface area contributed by atoms with E-state index in [0.29, 0.717) is 45.7 Å². The summed E-state index contributed by atoms with van der Waals surface area (Å²) >= 11 is 6.70. The van der Waals surface area contributed by atoms with Crippen LogP contribution in [0.15, 0.2) is 42.9 Å². The van der Waals surface area contributed by atoms with Crippen LogP contribution in [-0.4, -0.2) is 60.9 Å². The minimum absolute atomic E-state index is 0.137. The number of pyridine rings is 1. The topological polar surface area (TPSA) is 124 Å². The number of carbonyl (C=O) groups excluding carboxylic acids is 1. The molecule has 1 aliphatic rings. The van der Waals surface area contributed by atoms with Crippen LogP contribution >= 0.6 is 11.6 Å². The third-order valence-corrected chi connectivity index (χ3v) is 6.39. The van der Waals surface area contributed by atoms with Crippen LogP contribution < -0.4 is 14.8 Å². The molecule has 0 spiro atoms. The van der Waals surface area contributed by atoms with Crippen molar-refractivity contribution in [3.8, 4) is 23.0 Å². The summed E-state index contributed by atoms with van der Waals surface area (Å²) in [7, 11) is 0. The lowest BCUT2D eigenvalue weighted by Gasteiger charge is -2.12. The lowest BCUT2D eigenvalue weighted by atomic mass is 10.2. The monoisotopic (exact) mass is 522 g/mol. The van der Waals surface area contributed by atoms with E-state index in [1.54, 1.807) is 24.4 Å². The number of carbonyl (C=O) groups is 1. The van der Waals surface area contributed by atoms with E-state index in [1.165, 1.54) is 6.33 Å². The maximum atomic E-state index is 11.8. The number of halogens is 1. The van der Waals surface area contributed by atoms with Crippen LogP contribution in [0, 0.1) is 6.92 Å². The first-order valence-corrected chi connectivity index (χ1v) is 12.3. The number of nitrogens with zero attached hydrogens (tertiary/aromatic N) is 5. The zero-order valence-corrected chi connectivity index (χ0v) is 21.3. The predicted octanol–water partition coefficient (Wildman–Crippen LogP) is 3.32. The van der Waals surface area contributed by atoms with Crippen LogP contribution in [0.5, 0.6) is 11.6 Å². The fourth-order valence-electron chi connectivity index (χ4n) is 3.87. The maximum absolute atomic E-state index is 11.8. The summed E-state index contributed by atoms with van der Waals surface area (Å²) in [5.74, 6) is 1.12. The average molecular weight is 523 g/mol. The largest absolute Gasteiger partial charge is 0.484 e. The zero-order valence-electron chi connectivity index (χ0n) is 20.6. The van der Waals surface area contributed by atoms with Crippen molar-refractivity contribution in [2.75, 3.05) is 19.8 Å². The van der Waals surface area contributed by atoms with Gasteiger partial charge in [-0.2, -0.15) is 4.98 Å². The molecule has 1 amide bonds. The molecule has 3 aromatic heterocycles. The van der Waals surface area contributed by atoms with E-state index in [1.807, 2.05) is 23.6 Å². The Labute approximate surface area is 218 Å². The number of benzene rings is 1. The molecular weight excluding hydrogens is 496 g/mol. The van der Waals surface area contributed by atoms with Crippen LogP contribution in [0.4, 0.5) is 0 Å². The normalized spacial score (nSPS) is 13.9. The molecule has 1 saturated carbocycles. The van der Waals surface area contributed by atoms with Crippen LogP contribution in [-0.2, 0) is 11.3 Å². The second-order valence-corrected chi connectivity index (χ2v) is 9.66. The SMILES string of the molecule is Cc1ccnc(Cn2c(-c3ccc(OCC(=O)NCCO)cc3Cl)nc3c(OC4(C)CC4)ncnc32)c1. The summed E-state index contributed by atoms with van der Waals surface area (Å²) in [6.07, 6.45) is 5.18. The number of aliphatic hydroxyl groups excluding tert-OH is 1. The molecule has 37 heavy (non-hydrogen) atoms. The Morgan fingerprint density at radius 2 is 2.05 bits per heavy atom. The van der Waals surface area contributed by atoms with Crippen molar-refractivity contribution in [3.63, 3.8) is 0 Å². The van der Waals surface area contributed by atoms with Gasteiger partial charge in [0.15, 0.2) is 17.8 Å². The fourth-order valence-corrected chi connectivity index (χ4v) is 4.12. The van der Waals surface area contributed by atoms with Crippen molar-refractivity contribution in [3.05, 3.63) is 59.1 Å². The van der Waals surface area contributed by atoms with Crippen LogP contribution in [0.2, 0.25) is 5.02 Å². The first-order chi connectivity index (χ1) is 17.8. The number of hydrogen-bond acceptors (Lipinski definition) is 8. The van der Waals surface area contributed by atoms with Crippen molar-refractivity contribution < 1.29 is 19.4 Å². The molecule has 1 aliphatic carbocycles. The number of aliphatic hydroxyl groups is 1. The number of ether oxygens (including phenoxy) is 2. The summed E-state index contributed by atoms with van der Waals surface area (Å²) in [4.78, 5) is 30.1. The number of rotatable bonds is 10. The second kappa shape index (κ2) is 10.3. The molecule has 0 aliphatic heterocycles. The number of hydrogen-bond donors (Lipinski definition) is 2. The third kappa shape index (κ3) is 5.65. The van der Waals surface area contributed by atoms with E-state index in [9.17, 15) is 4.79 Å². The Bertz CT molecular complexity index is 1450. The van der Waals surface area contributed by atoms with Crippen LogP contribution in [0.25, 0.3) is 22.6 Å². The number of aryl methyl sites for hydroxylation is 1. The molecule has 1 fully saturated rings. The standard InChI is InChI=1S/C26H27ClN6O4/c1-16-5-8-28-17(11-16)13-33-23(32-22-24(33)30-15-31-25(22)37-26(2)6-7-26)19-4-3-18(12-20(19)27)36-14-21(35)29-9-10-34/h3-5,8,11-12,15,34H,6-7,9-10,13-14H2,1-2H3,(H,29,35). The molecule has 5 rings (SSSR count). The van der Waals surface area contributed by atoms with Crippen molar-refractivity contribution in [1.82, 2.24) is 29.8 Å². The smallest absolute Gasteiger partial charge is 0.258 e. The van der Waals surface area contributed by atoms with Gasteiger partial charge in [0.25, 0.3) is 5.91 Å². The molecule has 11 heteroatoms. The molecule has 192 valence electrons.